The highest BCUT2D eigenvalue weighted by molar-refractivity contribution is 7.91. The summed E-state index contributed by atoms with van der Waals surface area (Å²) in [6, 6.07) is 6.00. The van der Waals surface area contributed by atoms with E-state index < -0.39 is 15.8 Å². The molecule has 1 atom stereocenters. The normalized spacial score (nSPS) is 13.2. The summed E-state index contributed by atoms with van der Waals surface area (Å²) in [7, 11) is -1.98. The summed E-state index contributed by atoms with van der Waals surface area (Å²) >= 11 is 5.75. The quantitative estimate of drug-likeness (QED) is 0.877. The van der Waals surface area contributed by atoms with Crippen LogP contribution in [0, 0.1) is 11.8 Å². The maximum absolute atomic E-state index is 12.3. The van der Waals surface area contributed by atoms with Crippen molar-refractivity contribution in [3.63, 3.8) is 0 Å². The van der Waals surface area contributed by atoms with E-state index in [1.165, 1.54) is 31.3 Å². The van der Waals surface area contributed by atoms with Gasteiger partial charge in [-0.2, -0.15) is 0 Å². The molecule has 6 heteroatoms. The van der Waals surface area contributed by atoms with Gasteiger partial charge in [0.1, 0.15) is 0 Å². The monoisotopic (exact) mass is 317 g/mol. The fourth-order valence-electron chi connectivity index (χ4n) is 2.03. The number of hydrogen-bond acceptors (Lipinski definition) is 3. The van der Waals surface area contributed by atoms with Crippen LogP contribution in [-0.4, -0.2) is 27.1 Å². The lowest BCUT2D eigenvalue weighted by Crippen LogP contribution is -2.33. The number of halogens is 1. The number of nitrogens with one attached hydrogen (secondary N) is 1. The molecule has 0 saturated heterocycles. The van der Waals surface area contributed by atoms with Gasteiger partial charge in [0.25, 0.3) is 0 Å². The third-order valence-corrected chi connectivity index (χ3v) is 5.05. The van der Waals surface area contributed by atoms with Crippen LogP contribution < -0.4 is 5.32 Å². The number of amides is 1. The van der Waals surface area contributed by atoms with Gasteiger partial charge in [0.2, 0.25) is 5.91 Å². The summed E-state index contributed by atoms with van der Waals surface area (Å²) in [6.45, 7) is 3.93. The van der Waals surface area contributed by atoms with Crippen LogP contribution in [0.15, 0.2) is 29.2 Å². The standard InChI is InChI=1S/C14H20ClNO3S/c1-10(2)8-11(14(17)16-3)9-20(18,19)13-6-4-12(15)5-7-13/h4-7,10-11H,8-9H2,1-3H3,(H,16,17)/t11-/m0/s1. The first-order chi connectivity index (χ1) is 9.26. The van der Waals surface area contributed by atoms with Crippen molar-refractivity contribution >= 4 is 27.3 Å². The second-order valence-electron chi connectivity index (χ2n) is 5.18. The molecule has 1 N–H and O–H groups in total. The molecule has 0 saturated carbocycles. The molecule has 0 unspecified atom stereocenters. The molecule has 0 bridgehead atoms. The van der Waals surface area contributed by atoms with Gasteiger partial charge >= 0.3 is 0 Å². The Labute approximate surface area is 125 Å². The Morgan fingerprint density at radius 1 is 1.25 bits per heavy atom. The molecule has 1 rings (SSSR count). The van der Waals surface area contributed by atoms with Crippen LogP contribution in [0.25, 0.3) is 0 Å². The average molecular weight is 318 g/mol. The number of sulfone groups is 1. The zero-order chi connectivity index (χ0) is 15.3. The van der Waals surface area contributed by atoms with Crippen LogP contribution in [0.2, 0.25) is 5.02 Å². The number of carbonyl (C=O) groups is 1. The number of benzene rings is 1. The molecule has 0 heterocycles. The summed E-state index contributed by atoms with van der Waals surface area (Å²) in [5.41, 5.74) is 0. The third-order valence-electron chi connectivity index (χ3n) is 2.97. The first-order valence-electron chi connectivity index (χ1n) is 6.46. The second-order valence-corrected chi connectivity index (χ2v) is 7.65. The van der Waals surface area contributed by atoms with Crippen LogP contribution >= 0.6 is 11.6 Å². The van der Waals surface area contributed by atoms with Crippen LogP contribution in [0.3, 0.4) is 0 Å². The van der Waals surface area contributed by atoms with Gasteiger partial charge < -0.3 is 5.32 Å². The highest BCUT2D eigenvalue weighted by Gasteiger charge is 2.26. The van der Waals surface area contributed by atoms with Crippen molar-refractivity contribution in [3.05, 3.63) is 29.3 Å². The minimum absolute atomic E-state index is 0.188. The maximum atomic E-state index is 12.3. The lowest BCUT2D eigenvalue weighted by molar-refractivity contribution is -0.124. The van der Waals surface area contributed by atoms with Crippen molar-refractivity contribution < 1.29 is 13.2 Å². The van der Waals surface area contributed by atoms with Crippen LogP contribution in [0.5, 0.6) is 0 Å². The minimum atomic E-state index is -3.50. The first-order valence-corrected chi connectivity index (χ1v) is 8.49. The Bertz CT molecular complexity index is 552. The molecule has 0 aliphatic carbocycles. The van der Waals surface area contributed by atoms with E-state index >= 15 is 0 Å². The van der Waals surface area contributed by atoms with Gasteiger partial charge in [0.15, 0.2) is 9.84 Å². The number of rotatable bonds is 6. The molecule has 0 radical (unpaired) electrons. The molecule has 0 fully saturated rings. The van der Waals surface area contributed by atoms with Gasteiger partial charge in [-0.15, -0.1) is 0 Å². The Hall–Kier alpha value is -1.07. The fraction of sp³-hybridized carbons (Fsp3) is 0.500. The molecule has 0 aromatic heterocycles. The van der Waals surface area contributed by atoms with Gasteiger partial charge in [0, 0.05) is 12.1 Å². The van der Waals surface area contributed by atoms with Gasteiger partial charge in [-0.1, -0.05) is 25.4 Å². The summed E-state index contributed by atoms with van der Waals surface area (Å²) in [4.78, 5) is 12.0. The van der Waals surface area contributed by atoms with E-state index in [2.05, 4.69) is 5.32 Å². The molecule has 1 aromatic rings. The molecule has 112 valence electrons. The van der Waals surface area contributed by atoms with E-state index in [9.17, 15) is 13.2 Å². The Balaban J connectivity index is 2.96. The molecule has 20 heavy (non-hydrogen) atoms. The molecule has 4 nitrogen and oxygen atoms in total. The minimum Gasteiger partial charge on any atom is -0.359 e. The average Bonchev–Trinajstić information content (AvgIpc) is 2.36. The second kappa shape index (κ2) is 7.09. The lowest BCUT2D eigenvalue weighted by atomic mass is 9.98. The Kier molecular flexibility index (Phi) is 6.02. The molecule has 1 aromatic carbocycles. The molecular weight excluding hydrogens is 298 g/mol. The predicted molar refractivity (Wildman–Crippen MR) is 80.5 cm³/mol. The maximum Gasteiger partial charge on any atom is 0.223 e. The van der Waals surface area contributed by atoms with Crippen LogP contribution in [0.1, 0.15) is 20.3 Å². The van der Waals surface area contributed by atoms with E-state index in [1.807, 2.05) is 13.8 Å². The van der Waals surface area contributed by atoms with Crippen molar-refractivity contribution in [2.75, 3.05) is 12.8 Å². The van der Waals surface area contributed by atoms with Crippen LogP contribution in [0.4, 0.5) is 0 Å². The molecular formula is C14H20ClNO3S. The summed E-state index contributed by atoms with van der Waals surface area (Å²) in [5.74, 6) is -0.721. The highest BCUT2D eigenvalue weighted by Crippen LogP contribution is 2.21. The third kappa shape index (κ3) is 4.80. The van der Waals surface area contributed by atoms with Gasteiger partial charge in [0.05, 0.1) is 16.6 Å². The lowest BCUT2D eigenvalue weighted by Gasteiger charge is -2.17. The van der Waals surface area contributed by atoms with Crippen molar-refractivity contribution in [1.82, 2.24) is 5.32 Å². The first kappa shape index (κ1) is 17.0. The molecule has 0 aliphatic heterocycles. The predicted octanol–water partition coefficient (Wildman–Crippen LogP) is 2.52. The largest absolute Gasteiger partial charge is 0.359 e. The van der Waals surface area contributed by atoms with Crippen molar-refractivity contribution in [2.24, 2.45) is 11.8 Å². The zero-order valence-electron chi connectivity index (χ0n) is 11.9. The van der Waals surface area contributed by atoms with Crippen molar-refractivity contribution in [1.29, 1.82) is 0 Å². The highest BCUT2D eigenvalue weighted by atomic mass is 35.5. The molecule has 1 amide bonds. The summed E-state index contributed by atoms with van der Waals surface area (Å²) in [5, 5.41) is 3.01. The molecule has 0 spiro atoms. The van der Waals surface area contributed by atoms with Crippen molar-refractivity contribution in [2.45, 2.75) is 25.2 Å². The molecule has 0 aliphatic rings. The number of hydrogen-bond donors (Lipinski definition) is 1. The van der Waals surface area contributed by atoms with Gasteiger partial charge in [-0.05, 0) is 36.6 Å². The smallest absolute Gasteiger partial charge is 0.223 e. The van der Waals surface area contributed by atoms with E-state index in [4.69, 9.17) is 11.6 Å². The van der Waals surface area contributed by atoms with Gasteiger partial charge in [-0.3, -0.25) is 4.79 Å². The summed E-state index contributed by atoms with van der Waals surface area (Å²) < 4.78 is 24.7. The van der Waals surface area contributed by atoms with Gasteiger partial charge in [-0.25, -0.2) is 8.42 Å². The van der Waals surface area contributed by atoms with E-state index in [-0.39, 0.29) is 22.5 Å². The Morgan fingerprint density at radius 3 is 2.25 bits per heavy atom. The Morgan fingerprint density at radius 2 is 1.80 bits per heavy atom. The summed E-state index contributed by atoms with van der Waals surface area (Å²) in [6.07, 6.45) is 0.534. The zero-order valence-corrected chi connectivity index (χ0v) is 13.5. The van der Waals surface area contributed by atoms with E-state index in [0.29, 0.717) is 11.4 Å². The van der Waals surface area contributed by atoms with Crippen LogP contribution in [-0.2, 0) is 14.6 Å². The topological polar surface area (TPSA) is 63.2 Å². The van der Waals surface area contributed by atoms with Crippen molar-refractivity contribution in [3.8, 4) is 0 Å². The fourth-order valence-corrected chi connectivity index (χ4v) is 3.71. The van der Waals surface area contributed by atoms with E-state index in [1.54, 1.807) is 0 Å². The SMILES string of the molecule is CNC(=O)[C@@H](CC(C)C)CS(=O)(=O)c1ccc(Cl)cc1. The number of carbonyl (C=O) groups excluding carboxylic acids is 1. The van der Waals surface area contributed by atoms with E-state index in [0.717, 1.165) is 0 Å².